The molecule has 5 nitrogen and oxygen atoms in total. The Morgan fingerprint density at radius 1 is 1.14 bits per heavy atom. The molecule has 0 radical (unpaired) electrons. The van der Waals surface area contributed by atoms with Crippen LogP contribution in [0, 0.1) is 19.8 Å². The van der Waals surface area contributed by atoms with Crippen molar-refractivity contribution >= 4 is 28.3 Å². The van der Waals surface area contributed by atoms with Crippen LogP contribution in [0.15, 0.2) is 75.8 Å². The van der Waals surface area contributed by atoms with Crippen molar-refractivity contribution in [1.29, 1.82) is 0 Å². The molecule has 2 aliphatic rings. The van der Waals surface area contributed by atoms with E-state index in [2.05, 4.69) is 42.4 Å². The third-order valence-electron chi connectivity index (χ3n) is 6.90. The van der Waals surface area contributed by atoms with Gasteiger partial charge in [-0.1, -0.05) is 60.9 Å². The fourth-order valence-electron chi connectivity index (χ4n) is 5.05. The quantitative estimate of drug-likeness (QED) is 0.164. The summed E-state index contributed by atoms with van der Waals surface area (Å²) in [5.41, 5.74) is 8.45. The summed E-state index contributed by atoms with van der Waals surface area (Å²) in [6.07, 6.45) is 12.2. The summed E-state index contributed by atoms with van der Waals surface area (Å²) in [6, 6.07) is 14.6. The van der Waals surface area contributed by atoms with Gasteiger partial charge in [0.1, 0.15) is 5.76 Å². The van der Waals surface area contributed by atoms with Crippen molar-refractivity contribution in [3.05, 3.63) is 77.1 Å². The highest BCUT2D eigenvalue weighted by molar-refractivity contribution is 8.13. The average molecular weight is 506 g/mol. The molecule has 2 aromatic rings. The zero-order chi connectivity index (χ0) is 25.3. The molecular weight excluding hydrogens is 466 g/mol. The van der Waals surface area contributed by atoms with Gasteiger partial charge >= 0.3 is 0 Å². The summed E-state index contributed by atoms with van der Waals surface area (Å²) in [4.78, 5) is 14.1. The molecule has 2 aliphatic carbocycles. The molecule has 0 heterocycles. The number of hydrogen-bond acceptors (Lipinski definition) is 5. The average Bonchev–Trinajstić information content (AvgIpc) is 2.87. The normalized spacial score (nSPS) is 16.9. The van der Waals surface area contributed by atoms with Crippen LogP contribution < -0.4 is 5.48 Å². The van der Waals surface area contributed by atoms with Crippen LogP contribution in [0.4, 0.5) is 11.4 Å². The number of aryl methyl sites for hydroxylation is 2. The molecule has 0 saturated heterocycles. The van der Waals surface area contributed by atoms with E-state index >= 15 is 0 Å². The first-order valence-corrected chi connectivity index (χ1v) is 13.9. The predicted molar refractivity (Wildman–Crippen MR) is 152 cm³/mol. The maximum Gasteiger partial charge on any atom is 0.169 e. The number of hydrogen-bond donors (Lipinski definition) is 2. The second kappa shape index (κ2) is 13.0. The third kappa shape index (κ3) is 7.40. The molecule has 0 aliphatic heterocycles. The van der Waals surface area contributed by atoms with Crippen LogP contribution >= 0.6 is 11.8 Å². The zero-order valence-electron chi connectivity index (χ0n) is 21.8. The summed E-state index contributed by atoms with van der Waals surface area (Å²) in [7, 11) is 1.62. The Morgan fingerprint density at radius 2 is 1.94 bits per heavy atom. The number of para-hydroxylation sites is 2. The topological polar surface area (TPSA) is 57.1 Å². The molecule has 0 spiro atoms. The van der Waals surface area contributed by atoms with Crippen LogP contribution in [-0.4, -0.2) is 35.4 Å². The van der Waals surface area contributed by atoms with E-state index in [-0.39, 0.29) is 0 Å². The van der Waals surface area contributed by atoms with Crippen molar-refractivity contribution in [2.45, 2.75) is 63.7 Å². The van der Waals surface area contributed by atoms with E-state index in [1.54, 1.807) is 18.9 Å². The third-order valence-corrected chi connectivity index (χ3v) is 8.11. The smallest absolute Gasteiger partial charge is 0.169 e. The van der Waals surface area contributed by atoms with Crippen LogP contribution in [0.2, 0.25) is 0 Å². The van der Waals surface area contributed by atoms with Crippen molar-refractivity contribution in [3.63, 3.8) is 0 Å². The van der Waals surface area contributed by atoms with Gasteiger partial charge in [0, 0.05) is 18.0 Å². The maximum atomic E-state index is 10.2. The van der Waals surface area contributed by atoms with Crippen molar-refractivity contribution in [1.82, 2.24) is 4.90 Å². The number of rotatable bonds is 8. The Kier molecular flexibility index (Phi) is 9.54. The monoisotopic (exact) mass is 505 g/mol. The molecule has 0 unspecified atom stereocenters. The molecule has 0 amide bonds. The largest absolute Gasteiger partial charge is 0.508 e. The number of aliphatic hydroxyl groups is 1. The molecule has 4 rings (SSSR count). The van der Waals surface area contributed by atoms with E-state index in [1.165, 1.54) is 53.7 Å². The van der Waals surface area contributed by atoms with Gasteiger partial charge in [-0.15, -0.1) is 0 Å². The number of anilines is 1. The Morgan fingerprint density at radius 3 is 2.69 bits per heavy atom. The molecule has 192 valence electrons. The first kappa shape index (κ1) is 26.4. The molecule has 2 N–H and O–H groups in total. The molecule has 0 atom stereocenters. The summed E-state index contributed by atoms with van der Waals surface area (Å²) in [5, 5.41) is 11.2. The van der Waals surface area contributed by atoms with Gasteiger partial charge in [0.2, 0.25) is 0 Å². The molecular formula is C30H39N3O2S. The Hall–Kier alpha value is -2.70. The second-order valence-electron chi connectivity index (χ2n) is 9.94. The number of allylic oxidation sites excluding steroid dienone is 2. The predicted octanol–water partition coefficient (Wildman–Crippen LogP) is 8.10. The van der Waals surface area contributed by atoms with Crippen molar-refractivity contribution in [2.24, 2.45) is 10.9 Å². The lowest BCUT2D eigenvalue weighted by Crippen LogP contribution is -2.36. The summed E-state index contributed by atoms with van der Waals surface area (Å²) in [5.74, 6) is 1.04. The minimum absolute atomic E-state index is 0.379. The van der Waals surface area contributed by atoms with Crippen molar-refractivity contribution in [3.8, 4) is 0 Å². The molecule has 2 aromatic carbocycles. The van der Waals surface area contributed by atoms with Crippen molar-refractivity contribution < 1.29 is 9.94 Å². The number of aliphatic imine (C=N–C) groups is 1. The van der Waals surface area contributed by atoms with E-state index < -0.39 is 0 Å². The van der Waals surface area contributed by atoms with Gasteiger partial charge < -0.3 is 10.0 Å². The fraction of sp³-hybridized carbons (Fsp3) is 0.433. The van der Waals surface area contributed by atoms with E-state index in [0.29, 0.717) is 11.7 Å². The maximum absolute atomic E-state index is 10.2. The van der Waals surface area contributed by atoms with Crippen LogP contribution in [0.5, 0.6) is 0 Å². The minimum atomic E-state index is 0.379. The van der Waals surface area contributed by atoms with E-state index in [4.69, 9.17) is 9.83 Å². The first-order valence-electron chi connectivity index (χ1n) is 13.1. The van der Waals surface area contributed by atoms with Crippen LogP contribution in [0.3, 0.4) is 0 Å². The van der Waals surface area contributed by atoms with E-state index in [0.717, 1.165) is 42.5 Å². The van der Waals surface area contributed by atoms with Gasteiger partial charge in [0.25, 0.3) is 0 Å². The molecule has 36 heavy (non-hydrogen) atoms. The number of aliphatic hydroxyl groups excluding tert-OH is 1. The molecule has 0 aromatic heterocycles. The number of nitrogens with one attached hydrogen (secondary N) is 1. The van der Waals surface area contributed by atoms with E-state index in [9.17, 15) is 5.11 Å². The standard InChI is InChI=1S/C30H39N3O2S/c1-22-16-17-29(23(2)18-22)36-30(31-27-14-7-8-15-28(27)32-35-3)33(20-24-10-5-4-6-11-24)21-25-12-9-13-26(34)19-25/h7-8,13-19,24,32,34H,4-6,9-12,20-21H2,1-3H3. The molecule has 1 fully saturated rings. The lowest BCUT2D eigenvalue weighted by Gasteiger charge is -2.33. The summed E-state index contributed by atoms with van der Waals surface area (Å²) < 4.78 is 0. The van der Waals surface area contributed by atoms with Crippen LogP contribution in [0.25, 0.3) is 0 Å². The van der Waals surface area contributed by atoms with Gasteiger partial charge in [-0.25, -0.2) is 4.99 Å². The highest BCUT2D eigenvalue weighted by atomic mass is 32.2. The summed E-state index contributed by atoms with van der Waals surface area (Å²) in [6.45, 7) is 6.04. The summed E-state index contributed by atoms with van der Waals surface area (Å²) >= 11 is 1.73. The first-order chi connectivity index (χ1) is 17.5. The SMILES string of the molecule is CONc1ccccc1N=C(Sc1ccc(C)cc1C)N(CC1=CC(O)=CCC1)CC1CCCCC1. The number of amidine groups is 1. The Bertz CT molecular complexity index is 1120. The number of benzene rings is 2. The van der Waals surface area contributed by atoms with Gasteiger partial charge in [-0.05, 0) is 86.9 Å². The van der Waals surface area contributed by atoms with Gasteiger partial charge in [0.15, 0.2) is 5.17 Å². The van der Waals surface area contributed by atoms with Gasteiger partial charge in [-0.2, -0.15) is 0 Å². The highest BCUT2D eigenvalue weighted by Gasteiger charge is 2.23. The lowest BCUT2D eigenvalue weighted by molar-refractivity contribution is 0.271. The Balaban J connectivity index is 1.74. The Labute approximate surface area is 220 Å². The van der Waals surface area contributed by atoms with Crippen LogP contribution in [0.1, 0.15) is 56.1 Å². The fourth-order valence-corrected chi connectivity index (χ4v) is 6.01. The van der Waals surface area contributed by atoms with Gasteiger partial charge in [-0.3, -0.25) is 10.3 Å². The van der Waals surface area contributed by atoms with Gasteiger partial charge in [0.05, 0.1) is 18.5 Å². The molecule has 6 heteroatoms. The minimum Gasteiger partial charge on any atom is -0.508 e. The number of thioether (sulfide) groups is 1. The van der Waals surface area contributed by atoms with Crippen LogP contribution in [-0.2, 0) is 4.84 Å². The zero-order valence-corrected chi connectivity index (χ0v) is 22.6. The van der Waals surface area contributed by atoms with E-state index in [1.807, 2.05) is 36.4 Å². The number of nitrogens with zero attached hydrogens (tertiary/aromatic N) is 2. The molecule has 1 saturated carbocycles. The van der Waals surface area contributed by atoms with Crippen molar-refractivity contribution in [2.75, 3.05) is 25.7 Å². The second-order valence-corrected chi connectivity index (χ2v) is 11.0. The highest BCUT2D eigenvalue weighted by Crippen LogP contribution is 2.34. The molecule has 0 bridgehead atoms. The lowest BCUT2D eigenvalue weighted by atomic mass is 9.89.